The minimum absolute atomic E-state index is 0.0310. The molecule has 8 fully saturated rings. The van der Waals surface area contributed by atoms with Crippen LogP contribution in [0.3, 0.4) is 0 Å². The Balaban J connectivity index is 0.000000247. The van der Waals surface area contributed by atoms with Gasteiger partial charge in [-0.3, -0.25) is 34.1 Å². The van der Waals surface area contributed by atoms with Crippen molar-refractivity contribution in [2.24, 2.45) is 98.6 Å². The summed E-state index contributed by atoms with van der Waals surface area (Å²) in [6.07, 6.45) is 57.6. The molecule has 4 aliphatic heterocycles. The van der Waals surface area contributed by atoms with Crippen LogP contribution in [0.25, 0.3) is 0 Å². The summed E-state index contributed by atoms with van der Waals surface area (Å²) in [6.45, 7) is 29.5. The first kappa shape index (κ1) is 112. The minimum Gasteiger partial charge on any atom is -0.461 e. The Morgan fingerprint density at radius 3 is 1.30 bits per heavy atom. The molecule has 4 bridgehead atoms. The van der Waals surface area contributed by atoms with Gasteiger partial charge in [0.15, 0.2) is 29.2 Å². The smallest absolute Gasteiger partial charge is 0.461 e. The van der Waals surface area contributed by atoms with Crippen LogP contribution in [-0.2, 0) is 66.7 Å². The van der Waals surface area contributed by atoms with Gasteiger partial charge >= 0.3 is 30.2 Å². The molecule has 2 spiro atoms. The Bertz CT molecular complexity index is 4760. The molecule has 4 saturated heterocycles. The number of nitro benzene ring substituents is 1. The minimum atomic E-state index is -2.24. The molecule has 10 aliphatic rings. The number of carbonyl (C=O) groups excluding carboxylic acids is 8. The van der Waals surface area contributed by atoms with Gasteiger partial charge < -0.3 is 78.4 Å². The Kier molecular flexibility index (Phi) is 40.9. The number of allylic oxidation sites excluding steroid dienone is 26. The number of benzene rings is 1. The standard InChI is InChI=1S/C52H74O12.C30H44O9.C29H37NO5/c1-9-10-11-12-13-14-15-16-17-18-19-20-21-22-23-24-25-26-27-28-29-60-48(57)64-45-39(53)30-36(6)38-31-40-50-33-61-52(59,47(50)49(38,45)8)44(55)37(7)42(50)43(46(56)62-40)63-41(54)32-51(58,34(2)3)35(4)5;1-13(2)29(36,14(3)4)11-17(31)9-18-22-16(6)23(33)30(37)26-27(7)19(15(5)8-20(32)24(27)34)10-21(39-25(18)35)28(22,26)12-38-30;1-2-3-4-5-6-7-8-9-10-11-12-13-14-15-16-17-18-19-20-21-26-34-29(31)35-28-24-22-27(23-25-28)30(32)33/h10-11,13-14,16-17,19-20,22-23,25-26,30,34-35,37-38,40,42-45,47,55,58-59H,9,12,15,18,21,24,27-29,31-33H2,1-8H3;8,13-14,16,18-19,21-24,26,33-34,36-37H,9-12H2,1-7H3;3-4,6-7,9-10,12-13,15-16,18-19,22-25H,2,5,8,11,14,17,20-21,26H2,1H3/b11-10-,14-13-,17-16-,20-19-,23-22-,26-25-;;4-3-,7-6-,10-9-,13-12-,16-15-,19-18-/t37-,38+,40-,42?,43?,44-,45-,47?,49-,50+,52+;16-,18?,19+,21-,22?,23-,24-,26?,27-,28+,30-;/m11./s1. The molecule has 6 aliphatic carbocycles. The fraction of sp³-hybridized carbons (Fsp3) is 0.622. The molecular weight excluding hydrogens is 1760 g/mol. The zero-order valence-electron chi connectivity index (χ0n) is 83.9. The topological polar surface area (TPSA) is 404 Å². The van der Waals surface area contributed by atoms with Crippen LogP contribution in [0.1, 0.15) is 246 Å². The summed E-state index contributed by atoms with van der Waals surface area (Å²) < 4.78 is 51.8. The number of carbonyl (C=O) groups is 8. The number of hydrogen-bond donors (Lipinski definition) is 7. The number of nitro groups is 1. The number of hydrogen-bond acceptors (Lipinski definition) is 26. The van der Waals surface area contributed by atoms with Crippen molar-refractivity contribution in [3.63, 3.8) is 0 Å². The molecule has 1 aromatic carbocycles. The summed E-state index contributed by atoms with van der Waals surface area (Å²) in [5.74, 6) is -15.4. The highest BCUT2D eigenvalue weighted by molar-refractivity contribution is 5.98. The van der Waals surface area contributed by atoms with E-state index >= 15 is 0 Å². The average Bonchev–Trinajstić information content (AvgIpc) is 1.44. The van der Waals surface area contributed by atoms with Crippen molar-refractivity contribution in [2.45, 2.75) is 311 Å². The maximum atomic E-state index is 14.0. The van der Waals surface area contributed by atoms with Crippen LogP contribution >= 0.6 is 0 Å². The van der Waals surface area contributed by atoms with E-state index in [-0.39, 0.29) is 98.9 Å². The highest BCUT2D eigenvalue weighted by Gasteiger charge is 2.86. The molecule has 138 heavy (non-hydrogen) atoms. The lowest BCUT2D eigenvalue weighted by Gasteiger charge is -2.68. The summed E-state index contributed by atoms with van der Waals surface area (Å²) in [6, 6.07) is 5.25. The van der Waals surface area contributed by atoms with Crippen molar-refractivity contribution in [1.29, 1.82) is 0 Å². The number of ketones is 3. The number of rotatable bonds is 44. The van der Waals surface area contributed by atoms with Crippen molar-refractivity contribution in [3.05, 3.63) is 204 Å². The summed E-state index contributed by atoms with van der Waals surface area (Å²) in [7, 11) is 0. The molecule has 11 rings (SSSR count). The largest absolute Gasteiger partial charge is 0.513 e. The third-order valence-electron chi connectivity index (χ3n) is 31.1. The third kappa shape index (κ3) is 25.0. The Labute approximate surface area is 816 Å². The molecule has 760 valence electrons. The van der Waals surface area contributed by atoms with Crippen LogP contribution in [0.5, 0.6) is 5.75 Å². The lowest BCUT2D eigenvalue weighted by atomic mass is 9.37. The summed E-state index contributed by atoms with van der Waals surface area (Å²) in [5, 5.41) is 92.5. The first-order valence-corrected chi connectivity index (χ1v) is 50.0. The molecule has 27 nitrogen and oxygen atoms in total. The molecule has 0 aromatic heterocycles. The van der Waals surface area contributed by atoms with E-state index in [9.17, 15) is 84.2 Å². The Hall–Kier alpha value is -9.42. The van der Waals surface area contributed by atoms with Crippen LogP contribution in [0.15, 0.2) is 193 Å². The monoisotopic (exact) mass is 1920 g/mol. The summed E-state index contributed by atoms with van der Waals surface area (Å²) in [5.41, 5.74) is -6.19. The second-order valence-electron chi connectivity index (χ2n) is 40.9. The molecule has 7 N–H and O–H groups in total. The van der Waals surface area contributed by atoms with Crippen molar-refractivity contribution in [3.8, 4) is 5.75 Å². The number of nitrogens with zero attached hydrogens (tertiary/aromatic N) is 1. The molecule has 0 amide bonds. The molecule has 27 heteroatoms. The maximum absolute atomic E-state index is 14.0. The molecule has 4 heterocycles. The van der Waals surface area contributed by atoms with Gasteiger partial charge in [-0.2, -0.15) is 0 Å². The highest BCUT2D eigenvalue weighted by atomic mass is 16.7. The zero-order valence-corrected chi connectivity index (χ0v) is 83.9. The van der Waals surface area contributed by atoms with Gasteiger partial charge in [-0.1, -0.05) is 254 Å². The first-order valence-electron chi connectivity index (χ1n) is 50.0. The van der Waals surface area contributed by atoms with Gasteiger partial charge in [-0.05, 0) is 207 Å². The second-order valence-corrected chi connectivity index (χ2v) is 40.9. The predicted octanol–water partition coefficient (Wildman–Crippen LogP) is 19.1. The fourth-order valence-corrected chi connectivity index (χ4v) is 24.0. The van der Waals surface area contributed by atoms with E-state index in [2.05, 4.69) is 154 Å². The summed E-state index contributed by atoms with van der Waals surface area (Å²) >= 11 is 0. The van der Waals surface area contributed by atoms with E-state index in [1.54, 1.807) is 69.2 Å². The van der Waals surface area contributed by atoms with Gasteiger partial charge in [0.2, 0.25) is 6.10 Å². The number of non-ortho nitro benzene ring substituents is 1. The number of esters is 3. The summed E-state index contributed by atoms with van der Waals surface area (Å²) in [4.78, 5) is 117. The number of ether oxygens (including phenoxy) is 9. The SMILES string of the molecule is CC/C=C\C/C=C\C/C=C\C/C=C\C/C=C\C/C=C\CCCOC(=O)O[C@@H]1C(=O)C=C(C)[C@@H]2C[C@H]3OC(=O)C(OC(=O)CC(O)(C(C)C)C(C)C)C4[C@@H](C)[C@@H](O)[C@]5(O)OC[C@@]43C5[C@@]12C.CC/C=C\C/C=C\C/C=C\C/C=C\C/C=C\C/C=C\CCCOC(=O)Oc1ccc([N+](=O)[O-])cc1.CC1=CC(=O)[C@@H](O)[C@]2(C)C3[C@]45CO[C@]3(O)[C@H](O)[C@H](C)C4C(CC(=O)CC(O)(C(C)C)C(C)C)C(=O)O[C@@H]5C[C@@H]12. The molecule has 22 atom stereocenters. The zero-order chi connectivity index (χ0) is 101. The van der Waals surface area contributed by atoms with Crippen LogP contribution in [0.2, 0.25) is 0 Å². The predicted molar refractivity (Wildman–Crippen MR) is 524 cm³/mol. The van der Waals surface area contributed by atoms with E-state index < -0.39 is 181 Å². The van der Waals surface area contributed by atoms with Crippen molar-refractivity contribution >= 4 is 53.3 Å². The number of aliphatic hydroxyl groups is 7. The average molecular weight is 1920 g/mol. The van der Waals surface area contributed by atoms with Gasteiger partial charge in [-0.25, -0.2) is 14.4 Å². The maximum Gasteiger partial charge on any atom is 0.513 e. The number of unbranched alkanes of at least 4 members (excludes halogenated alkanes) is 2. The van der Waals surface area contributed by atoms with E-state index in [1.165, 1.54) is 36.4 Å². The number of Topliss-reactive ketones (excluding diaryl/α,β-unsaturated/α-hetero) is 1. The first-order chi connectivity index (χ1) is 65.5. The Morgan fingerprint density at radius 2 is 0.877 bits per heavy atom. The lowest BCUT2D eigenvalue weighted by molar-refractivity contribution is -0.384. The normalized spacial score (nSPS) is 32.1. The van der Waals surface area contributed by atoms with E-state index in [4.69, 9.17) is 42.6 Å². The van der Waals surface area contributed by atoms with Crippen LogP contribution in [0.4, 0.5) is 15.3 Å². The lowest BCUT2D eigenvalue weighted by Crippen LogP contribution is -2.78. The quantitative estimate of drug-likeness (QED) is 0.00607. The second kappa shape index (κ2) is 50.3. The third-order valence-corrected chi connectivity index (χ3v) is 31.1. The van der Waals surface area contributed by atoms with Gasteiger partial charge in [0.25, 0.3) is 5.69 Å². The molecular formula is C111H155NO26. The van der Waals surface area contributed by atoms with Gasteiger partial charge in [-0.15, -0.1) is 0 Å². The van der Waals surface area contributed by atoms with Gasteiger partial charge in [0.05, 0.1) is 54.9 Å². The van der Waals surface area contributed by atoms with Crippen molar-refractivity contribution in [1.82, 2.24) is 0 Å². The number of aliphatic hydroxyl groups excluding tert-OH is 3. The van der Waals surface area contributed by atoms with E-state index in [0.717, 1.165) is 89.0 Å². The van der Waals surface area contributed by atoms with Crippen LogP contribution in [-0.4, -0.2) is 180 Å². The van der Waals surface area contributed by atoms with Crippen LogP contribution in [0, 0.1) is 109 Å². The van der Waals surface area contributed by atoms with Gasteiger partial charge in [0.1, 0.15) is 42.1 Å². The molecule has 0 radical (unpaired) electrons. The highest BCUT2D eigenvalue weighted by Crippen LogP contribution is 2.77. The van der Waals surface area contributed by atoms with Gasteiger partial charge in [0, 0.05) is 64.4 Å². The molecule has 6 unspecified atom stereocenters. The van der Waals surface area contributed by atoms with E-state index in [1.807, 2.05) is 33.8 Å². The van der Waals surface area contributed by atoms with Crippen molar-refractivity contribution in [2.75, 3.05) is 26.4 Å². The van der Waals surface area contributed by atoms with E-state index in [0.29, 0.717) is 31.3 Å². The van der Waals surface area contributed by atoms with Crippen molar-refractivity contribution < 1.29 is 122 Å². The number of fused-ring (bicyclic) bond motifs is 2. The molecule has 4 saturated carbocycles. The van der Waals surface area contributed by atoms with Crippen LogP contribution < -0.4 is 4.74 Å². The Morgan fingerprint density at radius 1 is 0.507 bits per heavy atom. The molecule has 1 aromatic rings. The fourth-order valence-electron chi connectivity index (χ4n) is 24.0.